The lowest BCUT2D eigenvalue weighted by atomic mass is 9.93. The summed E-state index contributed by atoms with van der Waals surface area (Å²) in [6.45, 7) is 5.31. The van der Waals surface area contributed by atoms with Crippen molar-refractivity contribution in [2.75, 3.05) is 51.6 Å². The fourth-order valence-electron chi connectivity index (χ4n) is 6.43. The Hall–Kier alpha value is -3.16. The number of piperazine rings is 1. The second-order valence-corrected chi connectivity index (χ2v) is 11.1. The number of urea groups is 1. The Balaban J connectivity index is 1.30. The Morgan fingerprint density at radius 3 is 2.49 bits per heavy atom. The van der Waals surface area contributed by atoms with Crippen LogP contribution >= 0.6 is 0 Å². The van der Waals surface area contributed by atoms with E-state index in [0.717, 1.165) is 70.5 Å². The SMILES string of the molecule is CN1CCN(CCCN(C(=O)Nc2ccc(C(F)(F)F)c(F)c2)[C@@H]2CC[C@]3(c4ccc(C#N)cc4)C[C@H]23)CC1. The topological polar surface area (TPSA) is 62.6 Å². The van der Waals surface area contributed by atoms with Crippen LogP contribution in [-0.2, 0) is 11.6 Å². The van der Waals surface area contributed by atoms with E-state index in [-0.39, 0.29) is 23.1 Å². The van der Waals surface area contributed by atoms with E-state index in [1.165, 1.54) is 5.56 Å². The Kier molecular flexibility index (Phi) is 7.57. The van der Waals surface area contributed by atoms with Gasteiger partial charge in [0.05, 0.1) is 17.2 Å². The molecule has 3 fully saturated rings. The summed E-state index contributed by atoms with van der Waals surface area (Å²) >= 11 is 0. The van der Waals surface area contributed by atoms with E-state index < -0.39 is 23.6 Å². The first-order valence-corrected chi connectivity index (χ1v) is 13.5. The standard InChI is InChI=1S/C29H33F4N5O/c1-36-13-15-37(16-14-36)11-2-12-38(27(39)35-22-7-8-23(25(30)17-22)29(31,32)33)26-9-10-28(18-24(26)28)21-5-3-20(19-34)4-6-21/h3-8,17,24,26H,2,9-16,18H2,1H3,(H,35,39)/t24-,26-,28-/m1/s1. The average Bonchev–Trinajstić information content (AvgIpc) is 3.53. The number of hydrogen-bond acceptors (Lipinski definition) is 4. The van der Waals surface area contributed by atoms with Gasteiger partial charge in [0.1, 0.15) is 5.82 Å². The molecule has 208 valence electrons. The summed E-state index contributed by atoms with van der Waals surface area (Å²) in [6.07, 6.45) is -1.35. The van der Waals surface area contributed by atoms with Gasteiger partial charge in [0.2, 0.25) is 0 Å². The van der Waals surface area contributed by atoms with Crippen LogP contribution in [0.15, 0.2) is 42.5 Å². The molecule has 0 spiro atoms. The first-order valence-electron chi connectivity index (χ1n) is 13.5. The van der Waals surface area contributed by atoms with Crippen LogP contribution in [-0.4, -0.2) is 73.1 Å². The van der Waals surface area contributed by atoms with Gasteiger partial charge in [-0.05, 0) is 81.1 Å². The molecule has 6 nitrogen and oxygen atoms in total. The molecule has 39 heavy (non-hydrogen) atoms. The second-order valence-electron chi connectivity index (χ2n) is 11.1. The van der Waals surface area contributed by atoms with E-state index in [0.29, 0.717) is 18.2 Å². The highest BCUT2D eigenvalue weighted by atomic mass is 19.4. The zero-order valence-corrected chi connectivity index (χ0v) is 22.0. The number of benzene rings is 2. The number of rotatable bonds is 7. The van der Waals surface area contributed by atoms with E-state index >= 15 is 0 Å². The van der Waals surface area contributed by atoms with Gasteiger partial charge in [-0.25, -0.2) is 9.18 Å². The third-order valence-corrected chi connectivity index (χ3v) is 8.73. The van der Waals surface area contributed by atoms with Crippen molar-refractivity contribution in [2.24, 2.45) is 5.92 Å². The summed E-state index contributed by atoms with van der Waals surface area (Å²) in [5, 5.41) is 11.8. The predicted molar refractivity (Wildman–Crippen MR) is 140 cm³/mol. The number of amides is 2. The van der Waals surface area contributed by atoms with Crippen LogP contribution in [0.2, 0.25) is 0 Å². The van der Waals surface area contributed by atoms with Crippen LogP contribution in [0, 0.1) is 23.1 Å². The van der Waals surface area contributed by atoms with Gasteiger partial charge in [0, 0.05) is 49.9 Å². The number of carbonyl (C=O) groups is 1. The highest BCUT2D eigenvalue weighted by molar-refractivity contribution is 5.89. The molecule has 0 radical (unpaired) electrons. The molecule has 2 amide bonds. The molecule has 3 aliphatic rings. The maximum atomic E-state index is 14.2. The number of alkyl halides is 3. The van der Waals surface area contributed by atoms with Crippen molar-refractivity contribution in [3.63, 3.8) is 0 Å². The molecule has 1 aliphatic heterocycles. The number of carbonyl (C=O) groups excluding carboxylic acids is 1. The summed E-state index contributed by atoms with van der Waals surface area (Å²) in [6, 6.07) is 11.9. The van der Waals surface area contributed by atoms with Crippen molar-refractivity contribution < 1.29 is 22.4 Å². The monoisotopic (exact) mass is 543 g/mol. The van der Waals surface area contributed by atoms with Crippen molar-refractivity contribution in [2.45, 2.75) is 43.3 Å². The normalized spacial score (nSPS) is 25.1. The average molecular weight is 544 g/mol. The number of hydrogen-bond donors (Lipinski definition) is 1. The Morgan fingerprint density at radius 1 is 1.15 bits per heavy atom. The first kappa shape index (κ1) is 27.4. The number of nitrogens with one attached hydrogen (secondary N) is 1. The van der Waals surface area contributed by atoms with Crippen LogP contribution in [0.4, 0.5) is 28.0 Å². The maximum absolute atomic E-state index is 14.2. The Labute approximate surface area is 226 Å². The fourth-order valence-corrected chi connectivity index (χ4v) is 6.43. The number of nitrogens with zero attached hydrogens (tertiary/aromatic N) is 4. The van der Waals surface area contributed by atoms with E-state index in [1.54, 1.807) is 0 Å². The van der Waals surface area contributed by atoms with Crippen LogP contribution < -0.4 is 5.32 Å². The second kappa shape index (κ2) is 10.8. The van der Waals surface area contributed by atoms with Crippen molar-refractivity contribution in [3.8, 4) is 6.07 Å². The minimum absolute atomic E-state index is 0.00159. The van der Waals surface area contributed by atoms with Crippen LogP contribution in [0.1, 0.15) is 42.4 Å². The maximum Gasteiger partial charge on any atom is 0.419 e. The van der Waals surface area contributed by atoms with E-state index in [1.807, 2.05) is 29.2 Å². The van der Waals surface area contributed by atoms with Crippen molar-refractivity contribution >= 4 is 11.7 Å². The van der Waals surface area contributed by atoms with Crippen molar-refractivity contribution in [3.05, 3.63) is 65.0 Å². The van der Waals surface area contributed by atoms with E-state index in [4.69, 9.17) is 5.26 Å². The first-order chi connectivity index (χ1) is 18.6. The molecule has 2 aromatic carbocycles. The van der Waals surface area contributed by atoms with Crippen LogP contribution in [0.3, 0.4) is 0 Å². The molecule has 2 saturated carbocycles. The lowest BCUT2D eigenvalue weighted by Crippen LogP contribution is -2.47. The fraction of sp³-hybridized carbons (Fsp3) is 0.517. The van der Waals surface area contributed by atoms with Gasteiger partial charge in [-0.2, -0.15) is 18.4 Å². The minimum Gasteiger partial charge on any atom is -0.321 e. The van der Waals surface area contributed by atoms with Crippen molar-refractivity contribution in [1.29, 1.82) is 5.26 Å². The molecule has 5 rings (SSSR count). The van der Waals surface area contributed by atoms with Gasteiger partial charge in [0.15, 0.2) is 0 Å². The van der Waals surface area contributed by atoms with Crippen molar-refractivity contribution in [1.82, 2.24) is 14.7 Å². The molecule has 3 atom stereocenters. The zero-order valence-electron chi connectivity index (χ0n) is 22.0. The lowest BCUT2D eigenvalue weighted by Gasteiger charge is -2.34. The zero-order chi connectivity index (χ0) is 27.8. The van der Waals surface area contributed by atoms with Gasteiger partial charge < -0.3 is 20.0 Å². The highest BCUT2D eigenvalue weighted by Gasteiger charge is 2.64. The number of fused-ring (bicyclic) bond motifs is 1. The van der Waals surface area contributed by atoms with Gasteiger partial charge in [-0.3, -0.25) is 0 Å². The third-order valence-electron chi connectivity index (χ3n) is 8.73. The van der Waals surface area contributed by atoms with Gasteiger partial charge >= 0.3 is 12.2 Å². The third kappa shape index (κ3) is 5.75. The molecule has 10 heteroatoms. The molecular weight excluding hydrogens is 510 g/mol. The largest absolute Gasteiger partial charge is 0.419 e. The minimum atomic E-state index is -4.80. The predicted octanol–water partition coefficient (Wildman–Crippen LogP) is 5.31. The molecule has 2 aliphatic carbocycles. The summed E-state index contributed by atoms with van der Waals surface area (Å²) in [4.78, 5) is 20.0. The van der Waals surface area contributed by atoms with Crippen LogP contribution in [0.5, 0.6) is 0 Å². The lowest BCUT2D eigenvalue weighted by molar-refractivity contribution is -0.139. The molecule has 0 bridgehead atoms. The molecule has 2 aromatic rings. The Morgan fingerprint density at radius 2 is 1.87 bits per heavy atom. The summed E-state index contributed by atoms with van der Waals surface area (Å²) < 4.78 is 53.2. The molecule has 1 heterocycles. The quantitative estimate of drug-likeness (QED) is 0.481. The van der Waals surface area contributed by atoms with Gasteiger partial charge in [0.25, 0.3) is 0 Å². The summed E-state index contributed by atoms with van der Waals surface area (Å²) in [5.74, 6) is -1.14. The number of anilines is 1. The molecular formula is C29H33F4N5O. The number of halogens is 4. The van der Waals surface area contributed by atoms with E-state index in [9.17, 15) is 22.4 Å². The Bertz CT molecular complexity index is 1240. The molecule has 0 unspecified atom stereocenters. The van der Waals surface area contributed by atoms with E-state index in [2.05, 4.69) is 28.2 Å². The molecule has 1 saturated heterocycles. The smallest absolute Gasteiger partial charge is 0.321 e. The van der Waals surface area contributed by atoms with Gasteiger partial charge in [-0.1, -0.05) is 12.1 Å². The number of likely N-dealkylation sites (N-methyl/N-ethyl adjacent to an activating group) is 1. The summed E-state index contributed by atoms with van der Waals surface area (Å²) in [5.41, 5.74) is 0.411. The van der Waals surface area contributed by atoms with Gasteiger partial charge in [-0.15, -0.1) is 0 Å². The number of nitriles is 1. The highest BCUT2D eigenvalue weighted by Crippen LogP contribution is 2.65. The summed E-state index contributed by atoms with van der Waals surface area (Å²) in [7, 11) is 2.10. The molecule has 0 aromatic heterocycles. The molecule has 1 N–H and O–H groups in total. The van der Waals surface area contributed by atoms with Crippen LogP contribution in [0.25, 0.3) is 0 Å².